The predicted octanol–water partition coefficient (Wildman–Crippen LogP) is 1.72. The van der Waals surface area contributed by atoms with Gasteiger partial charge < -0.3 is 10.6 Å². The molecule has 1 aromatic heterocycles. The first-order valence-corrected chi connectivity index (χ1v) is 6.95. The number of nitrogens with zero attached hydrogens (tertiary/aromatic N) is 3. The van der Waals surface area contributed by atoms with Crippen LogP contribution in [0.4, 0.5) is 5.82 Å². The Kier molecular flexibility index (Phi) is 4.52. The van der Waals surface area contributed by atoms with Crippen molar-refractivity contribution in [3.8, 4) is 0 Å². The Balaban J connectivity index is 2.01. The van der Waals surface area contributed by atoms with Crippen molar-refractivity contribution in [2.75, 3.05) is 18.0 Å². The predicted molar refractivity (Wildman–Crippen MR) is 73.1 cm³/mol. The van der Waals surface area contributed by atoms with Crippen LogP contribution in [0, 0.1) is 5.92 Å². The Morgan fingerprint density at radius 3 is 3.06 bits per heavy atom. The average molecular weight is 313 g/mol. The van der Waals surface area contributed by atoms with E-state index in [1.165, 1.54) is 0 Å². The summed E-state index contributed by atoms with van der Waals surface area (Å²) < 4.78 is 0.915. The van der Waals surface area contributed by atoms with Crippen LogP contribution in [-0.4, -0.2) is 29.0 Å². The molecule has 0 aliphatic carbocycles. The van der Waals surface area contributed by atoms with Crippen LogP contribution in [0.15, 0.2) is 17.0 Å². The van der Waals surface area contributed by atoms with Gasteiger partial charge in [-0.3, -0.25) is 4.79 Å². The summed E-state index contributed by atoms with van der Waals surface area (Å²) in [7, 11) is 0. The van der Waals surface area contributed by atoms with E-state index >= 15 is 0 Å². The molecule has 0 saturated carbocycles. The fourth-order valence-corrected chi connectivity index (χ4v) is 2.88. The van der Waals surface area contributed by atoms with Gasteiger partial charge in [0.05, 0.1) is 4.47 Å². The SMILES string of the molecule is NC(=O)CC1CCCN(c2ncncc2Br)CC1. The summed E-state index contributed by atoms with van der Waals surface area (Å²) in [5.74, 6) is 1.15. The first-order valence-electron chi connectivity index (χ1n) is 6.15. The van der Waals surface area contributed by atoms with Gasteiger partial charge in [-0.15, -0.1) is 0 Å². The van der Waals surface area contributed by atoms with Crippen molar-refractivity contribution in [1.82, 2.24) is 9.97 Å². The van der Waals surface area contributed by atoms with Crippen molar-refractivity contribution in [1.29, 1.82) is 0 Å². The first kappa shape index (κ1) is 13.3. The molecule has 0 bridgehead atoms. The van der Waals surface area contributed by atoms with E-state index in [1.807, 2.05) is 0 Å². The molecule has 2 heterocycles. The van der Waals surface area contributed by atoms with E-state index in [4.69, 9.17) is 5.73 Å². The van der Waals surface area contributed by atoms with Crippen LogP contribution >= 0.6 is 15.9 Å². The van der Waals surface area contributed by atoms with Gasteiger partial charge in [0.25, 0.3) is 0 Å². The number of nitrogens with two attached hydrogens (primary N) is 1. The number of primary amides is 1. The zero-order valence-electron chi connectivity index (χ0n) is 10.2. The highest BCUT2D eigenvalue weighted by molar-refractivity contribution is 9.10. The molecule has 1 aliphatic rings. The Morgan fingerprint density at radius 2 is 2.33 bits per heavy atom. The van der Waals surface area contributed by atoms with Crippen LogP contribution < -0.4 is 10.6 Å². The molecule has 0 aromatic carbocycles. The van der Waals surface area contributed by atoms with Crippen molar-refractivity contribution >= 4 is 27.7 Å². The maximum Gasteiger partial charge on any atom is 0.217 e. The molecule has 6 heteroatoms. The fraction of sp³-hybridized carbons (Fsp3) is 0.583. The lowest BCUT2D eigenvalue weighted by Gasteiger charge is -2.22. The Bertz CT molecular complexity index is 426. The number of halogens is 1. The van der Waals surface area contributed by atoms with Gasteiger partial charge in [0.1, 0.15) is 12.1 Å². The van der Waals surface area contributed by atoms with Crippen molar-refractivity contribution in [3.05, 3.63) is 17.0 Å². The van der Waals surface area contributed by atoms with E-state index < -0.39 is 0 Å². The van der Waals surface area contributed by atoms with Crippen LogP contribution in [0.5, 0.6) is 0 Å². The molecule has 1 atom stereocenters. The summed E-state index contributed by atoms with van der Waals surface area (Å²) in [6.07, 6.45) is 6.93. The second-order valence-corrected chi connectivity index (χ2v) is 5.50. The van der Waals surface area contributed by atoms with E-state index in [2.05, 4.69) is 30.8 Å². The monoisotopic (exact) mass is 312 g/mol. The number of amides is 1. The minimum Gasteiger partial charge on any atom is -0.370 e. The van der Waals surface area contributed by atoms with Crippen LogP contribution in [0.3, 0.4) is 0 Å². The number of carbonyl (C=O) groups is 1. The summed E-state index contributed by atoms with van der Waals surface area (Å²) in [5.41, 5.74) is 5.26. The Morgan fingerprint density at radius 1 is 1.50 bits per heavy atom. The topological polar surface area (TPSA) is 72.1 Å². The molecule has 2 N–H and O–H groups in total. The maximum absolute atomic E-state index is 11.0. The lowest BCUT2D eigenvalue weighted by atomic mass is 9.97. The summed E-state index contributed by atoms with van der Waals surface area (Å²) >= 11 is 3.47. The molecule has 0 spiro atoms. The highest BCUT2D eigenvalue weighted by Crippen LogP contribution is 2.27. The minimum absolute atomic E-state index is 0.198. The van der Waals surface area contributed by atoms with Gasteiger partial charge in [0.2, 0.25) is 5.91 Å². The van der Waals surface area contributed by atoms with Gasteiger partial charge in [0.15, 0.2) is 0 Å². The molecular formula is C12H17BrN4O. The maximum atomic E-state index is 11.0. The Hall–Kier alpha value is -1.17. The van der Waals surface area contributed by atoms with Gasteiger partial charge in [-0.1, -0.05) is 0 Å². The molecule has 1 fully saturated rings. The molecule has 1 saturated heterocycles. The molecule has 18 heavy (non-hydrogen) atoms. The zero-order valence-corrected chi connectivity index (χ0v) is 11.8. The average Bonchev–Trinajstić information content (AvgIpc) is 2.55. The van der Waals surface area contributed by atoms with Gasteiger partial charge in [0, 0.05) is 25.7 Å². The fourth-order valence-electron chi connectivity index (χ4n) is 2.40. The third kappa shape index (κ3) is 3.41. The molecule has 1 amide bonds. The molecule has 1 unspecified atom stereocenters. The van der Waals surface area contributed by atoms with Gasteiger partial charge in [-0.25, -0.2) is 9.97 Å². The highest BCUT2D eigenvalue weighted by Gasteiger charge is 2.20. The van der Waals surface area contributed by atoms with Gasteiger partial charge in [-0.05, 0) is 41.1 Å². The third-order valence-electron chi connectivity index (χ3n) is 3.29. The molecule has 1 aliphatic heterocycles. The molecule has 98 valence electrons. The number of anilines is 1. The van der Waals surface area contributed by atoms with Crippen LogP contribution in [0.1, 0.15) is 25.7 Å². The minimum atomic E-state index is -0.198. The summed E-state index contributed by atoms with van der Waals surface area (Å²) in [4.78, 5) is 21.5. The first-order chi connectivity index (χ1) is 8.66. The normalized spacial score (nSPS) is 20.5. The van der Waals surface area contributed by atoms with Crippen LogP contribution in [-0.2, 0) is 4.79 Å². The highest BCUT2D eigenvalue weighted by atomic mass is 79.9. The number of aromatic nitrogens is 2. The van der Waals surface area contributed by atoms with Crippen molar-refractivity contribution in [3.63, 3.8) is 0 Å². The summed E-state index contributed by atoms with van der Waals surface area (Å²) in [6.45, 7) is 1.87. The number of carbonyl (C=O) groups excluding carboxylic acids is 1. The summed E-state index contributed by atoms with van der Waals surface area (Å²) in [6, 6.07) is 0. The molecular weight excluding hydrogens is 296 g/mol. The number of hydrogen-bond donors (Lipinski definition) is 1. The van der Waals surface area contributed by atoms with Crippen LogP contribution in [0.2, 0.25) is 0 Å². The second kappa shape index (κ2) is 6.13. The van der Waals surface area contributed by atoms with E-state index in [0.29, 0.717) is 12.3 Å². The molecule has 2 rings (SSSR count). The lowest BCUT2D eigenvalue weighted by molar-refractivity contribution is -0.118. The van der Waals surface area contributed by atoms with Crippen molar-refractivity contribution < 1.29 is 4.79 Å². The largest absolute Gasteiger partial charge is 0.370 e. The smallest absolute Gasteiger partial charge is 0.217 e. The van der Waals surface area contributed by atoms with E-state index in [-0.39, 0.29) is 5.91 Å². The standard InChI is InChI=1S/C12H17BrN4O/c13-10-7-15-8-16-12(10)17-4-1-2-9(3-5-17)6-11(14)18/h7-9H,1-6H2,(H2,14,18). The quantitative estimate of drug-likeness (QED) is 0.922. The zero-order chi connectivity index (χ0) is 13.0. The van der Waals surface area contributed by atoms with E-state index in [9.17, 15) is 4.79 Å². The number of hydrogen-bond acceptors (Lipinski definition) is 4. The summed E-state index contributed by atoms with van der Waals surface area (Å²) in [5, 5.41) is 0. The van der Waals surface area contributed by atoms with E-state index in [0.717, 1.165) is 42.6 Å². The van der Waals surface area contributed by atoms with Crippen molar-refractivity contribution in [2.24, 2.45) is 11.7 Å². The Labute approximate surface area is 115 Å². The second-order valence-electron chi connectivity index (χ2n) is 4.65. The van der Waals surface area contributed by atoms with Gasteiger partial charge >= 0.3 is 0 Å². The molecule has 0 radical (unpaired) electrons. The van der Waals surface area contributed by atoms with Crippen molar-refractivity contribution in [2.45, 2.75) is 25.7 Å². The third-order valence-corrected chi connectivity index (χ3v) is 3.84. The number of rotatable bonds is 3. The van der Waals surface area contributed by atoms with Gasteiger partial charge in [-0.2, -0.15) is 0 Å². The van der Waals surface area contributed by atoms with E-state index in [1.54, 1.807) is 12.5 Å². The lowest BCUT2D eigenvalue weighted by Crippen LogP contribution is -2.26. The molecule has 5 nitrogen and oxygen atoms in total. The van der Waals surface area contributed by atoms with Crippen LogP contribution in [0.25, 0.3) is 0 Å². The molecule has 1 aromatic rings.